The van der Waals surface area contributed by atoms with Crippen molar-refractivity contribution < 1.29 is 17.6 Å². The van der Waals surface area contributed by atoms with E-state index in [-0.39, 0.29) is 11.3 Å². The van der Waals surface area contributed by atoms with Crippen molar-refractivity contribution in [1.29, 1.82) is 0 Å². The molecule has 26 heavy (non-hydrogen) atoms. The number of carbonyl (C=O) groups excluding carboxylic acids is 1. The highest BCUT2D eigenvalue weighted by Crippen LogP contribution is 2.25. The van der Waals surface area contributed by atoms with Crippen molar-refractivity contribution in [2.24, 2.45) is 0 Å². The Bertz CT molecular complexity index is 1050. The van der Waals surface area contributed by atoms with E-state index in [0.717, 1.165) is 29.0 Å². The van der Waals surface area contributed by atoms with Crippen LogP contribution in [0.3, 0.4) is 0 Å². The monoisotopic (exact) mass is 391 g/mol. The Hall–Kier alpha value is -2.78. The first-order chi connectivity index (χ1) is 12.3. The van der Waals surface area contributed by atoms with Crippen LogP contribution in [0.4, 0.5) is 15.8 Å². The Balaban J connectivity index is 1.89. The van der Waals surface area contributed by atoms with Crippen LogP contribution in [0.5, 0.6) is 0 Å². The average Bonchev–Trinajstić information content (AvgIpc) is 3.10. The van der Waals surface area contributed by atoms with E-state index in [1.54, 1.807) is 24.4 Å². The molecule has 0 saturated carbocycles. The first kappa shape index (κ1) is 18.0. The molecular formula is C17H14FN3O3S2. The van der Waals surface area contributed by atoms with E-state index in [1.807, 2.05) is 11.4 Å². The molecule has 6 nitrogen and oxygen atoms in total. The van der Waals surface area contributed by atoms with Crippen LogP contribution >= 0.6 is 11.3 Å². The van der Waals surface area contributed by atoms with E-state index < -0.39 is 21.7 Å². The zero-order valence-electron chi connectivity index (χ0n) is 13.6. The number of nitrogens with one attached hydrogen (secondary N) is 2. The van der Waals surface area contributed by atoms with E-state index in [1.165, 1.54) is 17.4 Å². The Morgan fingerprint density at radius 2 is 2.00 bits per heavy atom. The molecule has 0 aliphatic heterocycles. The molecule has 2 aromatic carbocycles. The maximum atomic E-state index is 13.6. The molecule has 0 saturated heterocycles. The number of thiazole rings is 1. The summed E-state index contributed by atoms with van der Waals surface area (Å²) in [5.41, 5.74) is 1.20. The molecule has 0 radical (unpaired) electrons. The lowest BCUT2D eigenvalue weighted by Gasteiger charge is -2.12. The van der Waals surface area contributed by atoms with Gasteiger partial charge < -0.3 is 5.32 Å². The molecule has 0 aliphatic rings. The molecule has 1 amide bonds. The molecule has 0 aliphatic carbocycles. The van der Waals surface area contributed by atoms with Crippen molar-refractivity contribution >= 4 is 38.6 Å². The van der Waals surface area contributed by atoms with Crippen LogP contribution in [0.25, 0.3) is 10.6 Å². The Kier molecular flexibility index (Phi) is 5.01. The first-order valence-electron chi connectivity index (χ1n) is 7.40. The third-order valence-electron chi connectivity index (χ3n) is 3.32. The van der Waals surface area contributed by atoms with Gasteiger partial charge in [-0.05, 0) is 30.3 Å². The van der Waals surface area contributed by atoms with E-state index in [4.69, 9.17) is 0 Å². The fourth-order valence-electron chi connectivity index (χ4n) is 2.29. The zero-order valence-corrected chi connectivity index (χ0v) is 15.2. The number of sulfonamides is 1. The SMILES string of the molecule is CS(=O)(=O)Nc1ccc(F)cc1C(=O)Nc1cccc(-c2nccs2)c1. The van der Waals surface area contributed by atoms with E-state index in [2.05, 4.69) is 15.0 Å². The maximum absolute atomic E-state index is 13.6. The summed E-state index contributed by atoms with van der Waals surface area (Å²) in [4.78, 5) is 16.8. The number of amides is 1. The topological polar surface area (TPSA) is 88.2 Å². The van der Waals surface area contributed by atoms with Crippen molar-refractivity contribution in [2.45, 2.75) is 0 Å². The molecule has 2 N–H and O–H groups in total. The lowest BCUT2D eigenvalue weighted by atomic mass is 10.1. The standard InChI is InChI=1S/C17H14FN3O3S2/c1-26(23,24)21-15-6-5-12(18)10-14(15)16(22)20-13-4-2-3-11(9-13)17-19-7-8-25-17/h2-10,21H,1H3,(H,20,22). The van der Waals surface area contributed by atoms with Gasteiger partial charge in [0.15, 0.2) is 0 Å². The summed E-state index contributed by atoms with van der Waals surface area (Å²) in [5.74, 6) is -1.28. The number of aromatic nitrogens is 1. The molecule has 9 heteroatoms. The minimum atomic E-state index is -3.61. The predicted molar refractivity (Wildman–Crippen MR) is 100 cm³/mol. The van der Waals surface area contributed by atoms with Gasteiger partial charge in [-0.25, -0.2) is 17.8 Å². The number of halogens is 1. The molecule has 0 bridgehead atoms. The Morgan fingerprint density at radius 3 is 2.69 bits per heavy atom. The number of benzene rings is 2. The first-order valence-corrected chi connectivity index (χ1v) is 10.2. The van der Waals surface area contributed by atoms with Crippen molar-refractivity contribution in [3.8, 4) is 10.6 Å². The molecule has 0 atom stereocenters. The Labute approximate surface area is 153 Å². The summed E-state index contributed by atoms with van der Waals surface area (Å²) in [6.45, 7) is 0. The number of carbonyl (C=O) groups is 1. The number of rotatable bonds is 5. The molecule has 0 fully saturated rings. The molecule has 3 aromatic rings. The van der Waals surface area contributed by atoms with Gasteiger partial charge in [0.2, 0.25) is 10.0 Å². The van der Waals surface area contributed by atoms with Gasteiger partial charge >= 0.3 is 0 Å². The van der Waals surface area contributed by atoms with Crippen molar-refractivity contribution in [3.05, 3.63) is 65.4 Å². The van der Waals surface area contributed by atoms with Gasteiger partial charge in [0, 0.05) is 22.8 Å². The molecule has 0 spiro atoms. The fourth-order valence-corrected chi connectivity index (χ4v) is 3.50. The molecule has 1 heterocycles. The lowest BCUT2D eigenvalue weighted by molar-refractivity contribution is 0.102. The van der Waals surface area contributed by atoms with Gasteiger partial charge in [0.1, 0.15) is 10.8 Å². The van der Waals surface area contributed by atoms with E-state index >= 15 is 0 Å². The quantitative estimate of drug-likeness (QED) is 0.696. The zero-order chi connectivity index (χ0) is 18.7. The summed E-state index contributed by atoms with van der Waals surface area (Å²) >= 11 is 1.46. The highest BCUT2D eigenvalue weighted by atomic mass is 32.2. The number of nitrogens with zero attached hydrogens (tertiary/aromatic N) is 1. The van der Waals surface area contributed by atoms with Crippen LogP contribution in [0.2, 0.25) is 0 Å². The van der Waals surface area contributed by atoms with Crippen LogP contribution in [-0.4, -0.2) is 25.6 Å². The van der Waals surface area contributed by atoms with Gasteiger partial charge in [0.25, 0.3) is 5.91 Å². The van der Waals surface area contributed by atoms with Gasteiger partial charge in [-0.3, -0.25) is 9.52 Å². The maximum Gasteiger partial charge on any atom is 0.257 e. The summed E-state index contributed by atoms with van der Waals surface area (Å²) in [6, 6.07) is 10.3. The summed E-state index contributed by atoms with van der Waals surface area (Å²) < 4.78 is 38.7. The number of hydrogen-bond donors (Lipinski definition) is 2. The predicted octanol–water partition coefficient (Wildman–Crippen LogP) is 3.57. The van der Waals surface area contributed by atoms with Crippen molar-refractivity contribution in [1.82, 2.24) is 4.98 Å². The van der Waals surface area contributed by atoms with Crippen LogP contribution in [-0.2, 0) is 10.0 Å². The molecule has 0 unspecified atom stereocenters. The van der Waals surface area contributed by atoms with Gasteiger partial charge in [-0.15, -0.1) is 11.3 Å². The molecular weight excluding hydrogens is 377 g/mol. The van der Waals surface area contributed by atoms with E-state index in [0.29, 0.717) is 5.69 Å². The molecule has 134 valence electrons. The molecule has 1 aromatic heterocycles. The largest absolute Gasteiger partial charge is 0.322 e. The third kappa shape index (κ3) is 4.44. The van der Waals surface area contributed by atoms with E-state index in [9.17, 15) is 17.6 Å². The smallest absolute Gasteiger partial charge is 0.257 e. The summed E-state index contributed by atoms with van der Waals surface area (Å²) in [7, 11) is -3.61. The van der Waals surface area contributed by atoms with Crippen LogP contribution in [0.15, 0.2) is 54.0 Å². The minimum Gasteiger partial charge on any atom is -0.322 e. The van der Waals surface area contributed by atoms with Gasteiger partial charge in [-0.1, -0.05) is 12.1 Å². The second-order valence-electron chi connectivity index (χ2n) is 5.44. The van der Waals surface area contributed by atoms with Crippen LogP contribution in [0, 0.1) is 5.82 Å². The summed E-state index contributed by atoms with van der Waals surface area (Å²) in [5, 5.41) is 5.29. The lowest BCUT2D eigenvalue weighted by Crippen LogP contribution is -2.17. The number of anilines is 2. The number of hydrogen-bond acceptors (Lipinski definition) is 5. The normalized spacial score (nSPS) is 11.2. The highest BCUT2D eigenvalue weighted by molar-refractivity contribution is 7.92. The second kappa shape index (κ2) is 7.22. The van der Waals surface area contributed by atoms with Gasteiger partial charge in [0.05, 0.1) is 17.5 Å². The van der Waals surface area contributed by atoms with Crippen molar-refractivity contribution in [3.63, 3.8) is 0 Å². The van der Waals surface area contributed by atoms with Gasteiger partial charge in [-0.2, -0.15) is 0 Å². The average molecular weight is 391 g/mol. The third-order valence-corrected chi connectivity index (χ3v) is 4.73. The summed E-state index contributed by atoms with van der Waals surface area (Å²) in [6.07, 6.45) is 2.64. The highest BCUT2D eigenvalue weighted by Gasteiger charge is 2.16. The van der Waals surface area contributed by atoms with Crippen LogP contribution in [0.1, 0.15) is 10.4 Å². The van der Waals surface area contributed by atoms with Crippen molar-refractivity contribution in [2.75, 3.05) is 16.3 Å². The minimum absolute atomic E-state index is 0.00229. The Morgan fingerprint density at radius 1 is 1.19 bits per heavy atom. The van der Waals surface area contributed by atoms with Crippen LogP contribution < -0.4 is 10.0 Å². The molecule has 3 rings (SSSR count). The fraction of sp³-hybridized carbons (Fsp3) is 0.0588. The second-order valence-corrected chi connectivity index (χ2v) is 8.08.